The monoisotopic (exact) mass is 248 g/mol. The molecule has 0 aliphatic rings. The first-order chi connectivity index (χ1) is 8.56. The minimum Gasteiger partial charge on any atom is -0.378 e. The molecule has 0 aliphatic carbocycles. The molecule has 2 heteroatoms. The number of benzene rings is 1. The summed E-state index contributed by atoms with van der Waals surface area (Å²) >= 11 is 0. The molecule has 0 fully saturated rings. The number of nitrogens with zero attached hydrogens (tertiary/aromatic N) is 1. The lowest BCUT2D eigenvalue weighted by molar-refractivity contribution is 0.288. The van der Waals surface area contributed by atoms with Crippen molar-refractivity contribution in [1.82, 2.24) is 5.32 Å². The Morgan fingerprint density at radius 3 is 1.83 bits per heavy atom. The summed E-state index contributed by atoms with van der Waals surface area (Å²) in [6, 6.07) is 8.80. The van der Waals surface area contributed by atoms with Crippen LogP contribution in [0.1, 0.15) is 45.6 Å². The maximum atomic E-state index is 3.73. The Hall–Kier alpha value is -1.02. The molecule has 1 aromatic rings. The van der Waals surface area contributed by atoms with E-state index in [9.17, 15) is 0 Å². The zero-order valence-electron chi connectivity index (χ0n) is 12.6. The van der Waals surface area contributed by atoms with E-state index in [0.717, 1.165) is 6.54 Å². The molecule has 0 saturated heterocycles. The van der Waals surface area contributed by atoms with Crippen molar-refractivity contribution in [2.45, 2.75) is 52.1 Å². The highest BCUT2D eigenvalue weighted by molar-refractivity contribution is 5.45. The number of nitrogens with one attached hydrogen (secondary N) is 1. The average molecular weight is 248 g/mol. The quantitative estimate of drug-likeness (QED) is 0.789. The van der Waals surface area contributed by atoms with Crippen LogP contribution in [0.3, 0.4) is 0 Å². The molecular weight excluding hydrogens is 220 g/mol. The van der Waals surface area contributed by atoms with Gasteiger partial charge in [-0.2, -0.15) is 0 Å². The van der Waals surface area contributed by atoms with Gasteiger partial charge in [0.1, 0.15) is 0 Å². The second kappa shape index (κ2) is 6.79. The molecule has 0 aliphatic heterocycles. The second-order valence-electron chi connectivity index (χ2n) is 5.26. The van der Waals surface area contributed by atoms with Crippen molar-refractivity contribution in [2.24, 2.45) is 0 Å². The Balaban J connectivity index is 2.62. The van der Waals surface area contributed by atoms with Gasteiger partial charge in [-0.3, -0.25) is 0 Å². The molecule has 0 aromatic heterocycles. The van der Waals surface area contributed by atoms with Gasteiger partial charge in [-0.25, -0.2) is 0 Å². The molecular formula is C16H28N2. The van der Waals surface area contributed by atoms with Crippen molar-refractivity contribution < 1.29 is 0 Å². The normalized spacial score (nSPS) is 11.6. The van der Waals surface area contributed by atoms with E-state index >= 15 is 0 Å². The summed E-state index contributed by atoms with van der Waals surface area (Å²) in [5.41, 5.74) is 2.92. The Bertz CT molecular complexity index is 328. The van der Waals surface area contributed by atoms with Gasteiger partial charge in [0.05, 0.1) is 0 Å². The van der Waals surface area contributed by atoms with Crippen LogP contribution in [0.5, 0.6) is 0 Å². The maximum Gasteiger partial charge on any atom is 0.0361 e. The van der Waals surface area contributed by atoms with Gasteiger partial charge in [0.15, 0.2) is 0 Å². The third kappa shape index (κ3) is 3.74. The van der Waals surface area contributed by atoms with Crippen LogP contribution in [0.15, 0.2) is 24.3 Å². The molecule has 0 amide bonds. The molecule has 1 aromatic carbocycles. The molecule has 0 radical (unpaired) electrons. The first-order valence-electron chi connectivity index (χ1n) is 7.08. The smallest absolute Gasteiger partial charge is 0.0361 e. The largest absolute Gasteiger partial charge is 0.378 e. The van der Waals surface area contributed by atoms with Crippen LogP contribution in [0, 0.1) is 0 Å². The minimum atomic E-state index is 0.306. The van der Waals surface area contributed by atoms with Crippen molar-refractivity contribution in [3.63, 3.8) is 0 Å². The summed E-state index contributed by atoms with van der Waals surface area (Å²) < 4.78 is 0. The molecule has 0 atom stereocenters. The maximum absolute atomic E-state index is 3.73. The van der Waals surface area contributed by atoms with Gasteiger partial charge in [0, 0.05) is 31.9 Å². The third-order valence-electron chi connectivity index (χ3n) is 4.15. The van der Waals surface area contributed by atoms with Gasteiger partial charge < -0.3 is 10.2 Å². The number of hydrogen-bond donors (Lipinski definition) is 1. The molecule has 18 heavy (non-hydrogen) atoms. The Kier molecular flexibility index (Phi) is 5.67. The summed E-state index contributed by atoms with van der Waals surface area (Å²) in [4.78, 5) is 2.13. The molecule has 0 heterocycles. The molecule has 2 nitrogen and oxygen atoms in total. The fraction of sp³-hybridized carbons (Fsp3) is 0.625. The molecule has 0 saturated carbocycles. The van der Waals surface area contributed by atoms with Gasteiger partial charge in [0.25, 0.3) is 0 Å². The SMILES string of the molecule is CCC(CC)(CC)NCc1ccc(N(C)C)cc1. The zero-order valence-corrected chi connectivity index (χ0v) is 12.6. The minimum absolute atomic E-state index is 0.306. The van der Waals surface area contributed by atoms with E-state index in [1.54, 1.807) is 0 Å². The lowest BCUT2D eigenvalue weighted by atomic mass is 9.89. The van der Waals surface area contributed by atoms with Gasteiger partial charge in [-0.1, -0.05) is 32.9 Å². The van der Waals surface area contributed by atoms with Crippen LogP contribution in [0.25, 0.3) is 0 Å². The first kappa shape index (κ1) is 15.0. The van der Waals surface area contributed by atoms with E-state index in [1.165, 1.54) is 30.5 Å². The van der Waals surface area contributed by atoms with Gasteiger partial charge in [0.2, 0.25) is 0 Å². The standard InChI is InChI=1S/C16H28N2/c1-6-16(7-2,8-3)17-13-14-9-11-15(12-10-14)18(4)5/h9-12,17H,6-8,13H2,1-5H3. The fourth-order valence-corrected chi connectivity index (χ4v) is 2.33. The Morgan fingerprint density at radius 1 is 0.944 bits per heavy atom. The predicted octanol–water partition coefficient (Wildman–Crippen LogP) is 3.81. The Morgan fingerprint density at radius 2 is 1.44 bits per heavy atom. The van der Waals surface area contributed by atoms with E-state index in [4.69, 9.17) is 0 Å². The zero-order chi connectivity index (χ0) is 13.6. The van der Waals surface area contributed by atoms with Crippen LogP contribution < -0.4 is 10.2 Å². The van der Waals surface area contributed by atoms with Crippen LogP contribution in [-0.2, 0) is 6.54 Å². The van der Waals surface area contributed by atoms with Crippen LogP contribution >= 0.6 is 0 Å². The second-order valence-corrected chi connectivity index (χ2v) is 5.26. The summed E-state index contributed by atoms with van der Waals surface area (Å²) in [6.45, 7) is 7.78. The van der Waals surface area contributed by atoms with Crippen LogP contribution in [0.4, 0.5) is 5.69 Å². The number of hydrogen-bond acceptors (Lipinski definition) is 2. The lowest BCUT2D eigenvalue weighted by Gasteiger charge is -2.32. The van der Waals surface area contributed by atoms with Crippen molar-refractivity contribution >= 4 is 5.69 Å². The molecule has 0 unspecified atom stereocenters. The van der Waals surface area contributed by atoms with E-state index < -0.39 is 0 Å². The molecule has 1 N–H and O–H groups in total. The fourth-order valence-electron chi connectivity index (χ4n) is 2.33. The van der Waals surface area contributed by atoms with Gasteiger partial charge >= 0.3 is 0 Å². The topological polar surface area (TPSA) is 15.3 Å². The van der Waals surface area contributed by atoms with Crippen molar-refractivity contribution in [3.8, 4) is 0 Å². The molecule has 0 bridgehead atoms. The first-order valence-corrected chi connectivity index (χ1v) is 7.08. The van der Waals surface area contributed by atoms with Crippen molar-refractivity contribution in [3.05, 3.63) is 29.8 Å². The van der Waals surface area contributed by atoms with E-state index in [2.05, 4.69) is 69.3 Å². The molecule has 0 spiro atoms. The molecule has 1 rings (SSSR count). The summed E-state index contributed by atoms with van der Waals surface area (Å²) in [5, 5.41) is 3.73. The van der Waals surface area contributed by atoms with E-state index in [0.29, 0.717) is 5.54 Å². The van der Waals surface area contributed by atoms with E-state index in [1.807, 2.05) is 0 Å². The highest BCUT2D eigenvalue weighted by atomic mass is 15.1. The van der Waals surface area contributed by atoms with Gasteiger partial charge in [-0.15, -0.1) is 0 Å². The van der Waals surface area contributed by atoms with E-state index in [-0.39, 0.29) is 0 Å². The molecule has 102 valence electrons. The average Bonchev–Trinajstić information content (AvgIpc) is 2.41. The summed E-state index contributed by atoms with van der Waals surface area (Å²) in [5.74, 6) is 0. The predicted molar refractivity (Wildman–Crippen MR) is 81.2 cm³/mol. The van der Waals surface area contributed by atoms with Gasteiger partial charge in [-0.05, 0) is 37.0 Å². The van der Waals surface area contributed by atoms with Crippen molar-refractivity contribution in [1.29, 1.82) is 0 Å². The number of rotatable bonds is 7. The van der Waals surface area contributed by atoms with Crippen LogP contribution in [-0.4, -0.2) is 19.6 Å². The third-order valence-corrected chi connectivity index (χ3v) is 4.15. The summed E-state index contributed by atoms with van der Waals surface area (Å²) in [7, 11) is 4.15. The highest BCUT2D eigenvalue weighted by Gasteiger charge is 2.22. The lowest BCUT2D eigenvalue weighted by Crippen LogP contribution is -2.43. The van der Waals surface area contributed by atoms with Crippen LogP contribution in [0.2, 0.25) is 0 Å². The van der Waals surface area contributed by atoms with Crippen molar-refractivity contribution in [2.75, 3.05) is 19.0 Å². The highest BCUT2D eigenvalue weighted by Crippen LogP contribution is 2.20. The number of anilines is 1. The summed E-state index contributed by atoms with van der Waals surface area (Å²) in [6.07, 6.45) is 3.57. The Labute approximate surface area is 112 Å².